The molecule has 2 fully saturated rings. The predicted molar refractivity (Wildman–Crippen MR) is 80.6 cm³/mol. The average Bonchev–Trinajstić information content (AvgIpc) is 3.19. The zero-order chi connectivity index (χ0) is 14.1. The van der Waals surface area contributed by atoms with Crippen molar-refractivity contribution in [1.29, 1.82) is 0 Å². The Hall–Kier alpha value is -1.32. The number of carbonyl (C=O) groups is 1. The van der Waals surface area contributed by atoms with Crippen LogP contribution >= 0.6 is 11.6 Å². The lowest BCUT2D eigenvalue weighted by Gasteiger charge is -2.27. The summed E-state index contributed by atoms with van der Waals surface area (Å²) in [6, 6.07) is 8.18. The maximum atomic E-state index is 12.6. The van der Waals surface area contributed by atoms with Crippen LogP contribution in [0.3, 0.4) is 0 Å². The fourth-order valence-electron chi connectivity index (χ4n) is 2.42. The molecule has 1 amide bonds. The molecule has 0 unspecified atom stereocenters. The zero-order valence-corrected chi connectivity index (χ0v) is 12.4. The third-order valence-corrected chi connectivity index (χ3v) is 4.29. The summed E-state index contributed by atoms with van der Waals surface area (Å²) in [6.07, 6.45) is 2.25. The van der Waals surface area contributed by atoms with Crippen molar-refractivity contribution in [1.82, 2.24) is 10.2 Å². The second-order valence-corrected chi connectivity index (χ2v) is 6.06. The molecule has 0 aromatic heterocycles. The quantitative estimate of drug-likeness (QED) is 0.865. The van der Waals surface area contributed by atoms with Crippen molar-refractivity contribution in [3.05, 3.63) is 46.0 Å². The molecule has 0 radical (unpaired) electrons. The minimum absolute atomic E-state index is 0.193. The van der Waals surface area contributed by atoms with E-state index in [1.807, 2.05) is 36.1 Å². The molecule has 106 valence electrons. The third kappa shape index (κ3) is 2.89. The summed E-state index contributed by atoms with van der Waals surface area (Å²) in [6.45, 7) is 4.35. The van der Waals surface area contributed by atoms with E-state index in [0.29, 0.717) is 12.6 Å². The molecule has 1 saturated heterocycles. The summed E-state index contributed by atoms with van der Waals surface area (Å²) in [5, 5.41) is 3.93. The fraction of sp³-hybridized carbons (Fsp3) is 0.438. The average molecular weight is 291 g/mol. The van der Waals surface area contributed by atoms with Crippen molar-refractivity contribution in [2.24, 2.45) is 0 Å². The van der Waals surface area contributed by atoms with Gasteiger partial charge in [-0.15, -0.1) is 0 Å². The lowest BCUT2D eigenvalue weighted by atomic mass is 10.0. The molecule has 20 heavy (non-hydrogen) atoms. The first kappa shape index (κ1) is 13.7. The fourth-order valence-corrected chi connectivity index (χ4v) is 2.55. The number of hydrogen-bond acceptors (Lipinski definition) is 2. The number of benzene rings is 1. The van der Waals surface area contributed by atoms with Gasteiger partial charge in [0.15, 0.2) is 0 Å². The van der Waals surface area contributed by atoms with E-state index in [1.165, 1.54) is 5.57 Å². The molecule has 3 nitrogen and oxygen atoms in total. The number of rotatable bonds is 4. The smallest absolute Gasteiger partial charge is 0.250 e. The van der Waals surface area contributed by atoms with Gasteiger partial charge in [-0.25, -0.2) is 0 Å². The molecular formula is C16H19ClN2O. The number of hydrogen-bond donors (Lipinski definition) is 1. The van der Waals surface area contributed by atoms with Gasteiger partial charge in [-0.3, -0.25) is 4.79 Å². The van der Waals surface area contributed by atoms with Gasteiger partial charge in [0, 0.05) is 36.3 Å². The van der Waals surface area contributed by atoms with Gasteiger partial charge in [0.2, 0.25) is 5.91 Å². The van der Waals surface area contributed by atoms with Crippen LogP contribution in [-0.4, -0.2) is 29.9 Å². The molecule has 1 aliphatic carbocycles. The van der Waals surface area contributed by atoms with Crippen LogP contribution in [-0.2, 0) is 11.3 Å². The van der Waals surface area contributed by atoms with Gasteiger partial charge < -0.3 is 10.2 Å². The van der Waals surface area contributed by atoms with Crippen molar-refractivity contribution < 1.29 is 4.79 Å². The van der Waals surface area contributed by atoms with Crippen LogP contribution in [0.25, 0.3) is 0 Å². The normalized spacial score (nSPS) is 17.6. The van der Waals surface area contributed by atoms with Crippen molar-refractivity contribution in [3.63, 3.8) is 0 Å². The maximum Gasteiger partial charge on any atom is 0.250 e. The molecule has 1 aromatic carbocycles. The summed E-state index contributed by atoms with van der Waals surface area (Å²) in [7, 11) is 0. The topological polar surface area (TPSA) is 32.3 Å². The van der Waals surface area contributed by atoms with Crippen molar-refractivity contribution >= 4 is 17.5 Å². The SMILES string of the molecule is CC(C(=O)N(Cc1ccc(Cl)cc1)C1CC1)=C1CNC1. The van der Waals surface area contributed by atoms with E-state index in [1.54, 1.807) is 0 Å². The van der Waals surface area contributed by atoms with Crippen molar-refractivity contribution in [2.75, 3.05) is 13.1 Å². The molecule has 3 rings (SSSR count). The Kier molecular flexibility index (Phi) is 3.81. The Morgan fingerprint density at radius 3 is 2.45 bits per heavy atom. The Morgan fingerprint density at radius 2 is 1.95 bits per heavy atom. The minimum Gasteiger partial charge on any atom is -0.332 e. The maximum absolute atomic E-state index is 12.6. The molecule has 1 N–H and O–H groups in total. The van der Waals surface area contributed by atoms with Gasteiger partial charge in [0.1, 0.15) is 0 Å². The highest BCUT2D eigenvalue weighted by Gasteiger charge is 2.34. The number of carbonyl (C=O) groups excluding carboxylic acids is 1. The Labute approximate surface area is 124 Å². The number of amides is 1. The van der Waals surface area contributed by atoms with Crippen LogP contribution in [0.5, 0.6) is 0 Å². The number of halogens is 1. The van der Waals surface area contributed by atoms with Crippen LogP contribution in [0.15, 0.2) is 35.4 Å². The molecule has 0 spiro atoms. The van der Waals surface area contributed by atoms with Crippen LogP contribution in [0.1, 0.15) is 25.3 Å². The highest BCUT2D eigenvalue weighted by Crippen LogP contribution is 2.30. The van der Waals surface area contributed by atoms with Gasteiger partial charge in [0.05, 0.1) is 0 Å². The highest BCUT2D eigenvalue weighted by atomic mass is 35.5. The lowest BCUT2D eigenvalue weighted by Crippen LogP contribution is -2.39. The minimum atomic E-state index is 0.193. The van der Waals surface area contributed by atoms with E-state index in [2.05, 4.69) is 5.32 Å². The molecule has 0 bridgehead atoms. The highest BCUT2D eigenvalue weighted by molar-refractivity contribution is 6.30. The predicted octanol–water partition coefficient (Wildman–Crippen LogP) is 2.75. The first-order valence-electron chi connectivity index (χ1n) is 7.10. The molecule has 1 heterocycles. The van der Waals surface area contributed by atoms with E-state index in [9.17, 15) is 4.79 Å². The summed E-state index contributed by atoms with van der Waals surface area (Å²) >= 11 is 5.91. The van der Waals surface area contributed by atoms with E-state index in [4.69, 9.17) is 11.6 Å². The Morgan fingerprint density at radius 1 is 1.30 bits per heavy atom. The second-order valence-electron chi connectivity index (χ2n) is 5.62. The van der Waals surface area contributed by atoms with Crippen molar-refractivity contribution in [2.45, 2.75) is 32.4 Å². The first-order valence-corrected chi connectivity index (χ1v) is 7.47. The second kappa shape index (κ2) is 5.58. The molecule has 4 heteroatoms. The van der Waals surface area contributed by atoms with E-state index in [-0.39, 0.29) is 5.91 Å². The van der Waals surface area contributed by atoms with Crippen LogP contribution in [0.4, 0.5) is 0 Å². The van der Waals surface area contributed by atoms with Crippen LogP contribution in [0, 0.1) is 0 Å². The molecule has 1 aromatic rings. The van der Waals surface area contributed by atoms with Gasteiger partial charge in [-0.1, -0.05) is 23.7 Å². The largest absolute Gasteiger partial charge is 0.332 e. The molecule has 0 atom stereocenters. The van der Waals surface area contributed by atoms with Gasteiger partial charge >= 0.3 is 0 Å². The van der Waals surface area contributed by atoms with Gasteiger partial charge in [-0.05, 0) is 43.0 Å². The van der Waals surface area contributed by atoms with Crippen LogP contribution in [0.2, 0.25) is 5.02 Å². The molecule has 2 aliphatic rings. The summed E-state index contributed by atoms with van der Waals surface area (Å²) < 4.78 is 0. The van der Waals surface area contributed by atoms with E-state index in [0.717, 1.165) is 42.1 Å². The van der Waals surface area contributed by atoms with Crippen molar-refractivity contribution in [3.8, 4) is 0 Å². The monoisotopic (exact) mass is 290 g/mol. The number of nitrogens with one attached hydrogen (secondary N) is 1. The summed E-state index contributed by atoms with van der Waals surface area (Å²) in [5.41, 5.74) is 3.31. The zero-order valence-electron chi connectivity index (χ0n) is 11.7. The first-order chi connectivity index (χ1) is 9.65. The summed E-state index contributed by atoms with van der Waals surface area (Å²) in [5.74, 6) is 0.193. The Balaban J connectivity index is 1.75. The molecular weight excluding hydrogens is 272 g/mol. The standard InChI is InChI=1S/C16H19ClN2O/c1-11(13-8-18-9-13)16(20)19(15-6-7-15)10-12-2-4-14(17)5-3-12/h2-5,15,18H,6-10H2,1H3. The van der Waals surface area contributed by atoms with Crippen LogP contribution < -0.4 is 5.32 Å². The molecule has 1 saturated carbocycles. The van der Waals surface area contributed by atoms with Gasteiger partial charge in [-0.2, -0.15) is 0 Å². The summed E-state index contributed by atoms with van der Waals surface area (Å²) in [4.78, 5) is 14.7. The van der Waals surface area contributed by atoms with E-state index >= 15 is 0 Å². The molecule has 1 aliphatic heterocycles. The third-order valence-electron chi connectivity index (χ3n) is 4.04. The van der Waals surface area contributed by atoms with E-state index < -0.39 is 0 Å². The van der Waals surface area contributed by atoms with Gasteiger partial charge in [0.25, 0.3) is 0 Å². The number of nitrogens with zero attached hydrogens (tertiary/aromatic N) is 1. The Bertz CT molecular complexity index is 540. The lowest BCUT2D eigenvalue weighted by molar-refractivity contribution is -0.128.